The van der Waals surface area contributed by atoms with Gasteiger partial charge in [0, 0.05) is 15.9 Å². The summed E-state index contributed by atoms with van der Waals surface area (Å²) in [5.74, 6) is -0.556. The Morgan fingerprint density at radius 3 is 2.62 bits per heavy atom. The number of fused-ring (bicyclic) bond motifs is 1. The van der Waals surface area contributed by atoms with E-state index in [1.165, 1.54) is 11.3 Å². The lowest BCUT2D eigenvalue weighted by atomic mass is 10.1. The lowest BCUT2D eigenvalue weighted by Gasteiger charge is -2.01. The van der Waals surface area contributed by atoms with Crippen LogP contribution in [0.2, 0.25) is 5.02 Å². The molecule has 5 nitrogen and oxygen atoms in total. The maximum absolute atomic E-state index is 12.2. The largest absolute Gasteiger partial charge is 0.492 e. The van der Waals surface area contributed by atoms with Crippen molar-refractivity contribution in [3.8, 4) is 5.88 Å². The third-order valence-electron chi connectivity index (χ3n) is 3.54. The lowest BCUT2D eigenvalue weighted by molar-refractivity contribution is -0.112. The third-order valence-corrected chi connectivity index (χ3v) is 4.77. The van der Waals surface area contributed by atoms with E-state index in [0.29, 0.717) is 31.2 Å². The number of aromatic nitrogens is 1. The van der Waals surface area contributed by atoms with Gasteiger partial charge in [0.25, 0.3) is 5.91 Å². The molecule has 0 aliphatic carbocycles. The molecule has 1 aliphatic rings. The molecule has 0 saturated carbocycles. The van der Waals surface area contributed by atoms with Crippen molar-refractivity contribution in [3.05, 3.63) is 69.0 Å². The first-order valence-electron chi connectivity index (χ1n) is 7.07. The average molecular weight is 356 g/mol. The summed E-state index contributed by atoms with van der Waals surface area (Å²) < 4.78 is 0. The molecular formula is C17H10ClN3O2S. The number of hydrogen-bond acceptors (Lipinski definition) is 5. The first-order chi connectivity index (χ1) is 11.6. The smallest absolute Gasteiger partial charge is 0.279 e. The molecule has 0 atom stereocenters. The number of nitrogens with zero attached hydrogens (tertiary/aromatic N) is 2. The van der Waals surface area contributed by atoms with Gasteiger partial charge >= 0.3 is 0 Å². The van der Waals surface area contributed by atoms with Crippen molar-refractivity contribution in [1.29, 1.82) is 0 Å². The summed E-state index contributed by atoms with van der Waals surface area (Å²) in [7, 11) is 0. The van der Waals surface area contributed by atoms with Gasteiger partial charge in [-0.15, -0.1) is 0 Å². The standard InChI is InChI=1S/C17H10ClN3O2S/c18-9-5-7-10(8-6-9)19-17-21-16(23)14(24-17)13-11-3-1-2-4-12(11)20-15(13)22/h1-8,23H,(H,19,21). The van der Waals surface area contributed by atoms with Crippen LogP contribution in [-0.4, -0.2) is 16.0 Å². The van der Waals surface area contributed by atoms with Crippen molar-refractivity contribution in [2.24, 2.45) is 4.99 Å². The Kier molecular flexibility index (Phi) is 3.55. The van der Waals surface area contributed by atoms with Crippen LogP contribution in [0.1, 0.15) is 4.88 Å². The summed E-state index contributed by atoms with van der Waals surface area (Å²) in [6, 6.07) is 14.3. The summed E-state index contributed by atoms with van der Waals surface area (Å²) >= 11 is 7.06. The predicted molar refractivity (Wildman–Crippen MR) is 93.3 cm³/mol. The predicted octanol–water partition coefficient (Wildman–Crippen LogP) is 2.60. The van der Waals surface area contributed by atoms with Gasteiger partial charge in [0.05, 0.1) is 10.9 Å². The summed E-state index contributed by atoms with van der Waals surface area (Å²) in [6.07, 6.45) is 0. The quantitative estimate of drug-likeness (QED) is 0.757. The molecule has 0 spiro atoms. The Morgan fingerprint density at radius 1 is 1.08 bits per heavy atom. The van der Waals surface area contributed by atoms with Crippen molar-refractivity contribution in [2.45, 2.75) is 0 Å². The summed E-state index contributed by atoms with van der Waals surface area (Å²) in [4.78, 5) is 20.7. The minimum atomic E-state index is -0.367. The minimum Gasteiger partial charge on any atom is -0.492 e. The van der Waals surface area contributed by atoms with E-state index >= 15 is 0 Å². The van der Waals surface area contributed by atoms with Gasteiger partial charge in [0.15, 0.2) is 5.13 Å². The maximum atomic E-state index is 12.2. The van der Waals surface area contributed by atoms with Crippen molar-refractivity contribution in [2.75, 3.05) is 5.32 Å². The van der Waals surface area contributed by atoms with Crippen molar-refractivity contribution in [1.82, 2.24) is 4.98 Å². The maximum Gasteiger partial charge on any atom is 0.279 e. The summed E-state index contributed by atoms with van der Waals surface area (Å²) in [6.45, 7) is 0. The molecule has 0 unspecified atom stereocenters. The fraction of sp³-hybridized carbons (Fsp3) is 0. The van der Waals surface area contributed by atoms with Gasteiger partial charge in [-0.3, -0.25) is 4.79 Å². The van der Waals surface area contributed by atoms with E-state index < -0.39 is 0 Å². The molecule has 0 fully saturated rings. The fourth-order valence-corrected chi connectivity index (χ4v) is 3.52. The number of hydrogen-bond donors (Lipinski definition) is 2. The lowest BCUT2D eigenvalue weighted by Crippen LogP contribution is -2.22. The number of amides is 1. The van der Waals surface area contributed by atoms with Crippen LogP contribution >= 0.6 is 22.9 Å². The van der Waals surface area contributed by atoms with Crippen molar-refractivity contribution in [3.63, 3.8) is 0 Å². The van der Waals surface area contributed by atoms with E-state index in [9.17, 15) is 9.90 Å². The zero-order valence-electron chi connectivity index (χ0n) is 12.2. The van der Waals surface area contributed by atoms with Gasteiger partial charge in [-0.2, -0.15) is 4.98 Å². The molecule has 1 aliphatic heterocycles. The second-order valence-corrected chi connectivity index (χ2v) is 6.55. The minimum absolute atomic E-state index is 0.188. The van der Waals surface area contributed by atoms with Crippen LogP contribution in [0.3, 0.4) is 0 Å². The SMILES string of the molecule is O=C1N=c2ccccc2=C1c1sc(Nc2ccc(Cl)cc2)nc1O. The molecule has 24 heavy (non-hydrogen) atoms. The van der Waals surface area contributed by atoms with Crippen LogP contribution in [0, 0.1) is 0 Å². The van der Waals surface area contributed by atoms with Gasteiger partial charge < -0.3 is 10.4 Å². The Labute approximate surface area is 145 Å². The van der Waals surface area contributed by atoms with Crippen LogP contribution in [0.4, 0.5) is 10.8 Å². The van der Waals surface area contributed by atoms with E-state index in [4.69, 9.17) is 11.6 Å². The number of carbonyl (C=O) groups excluding carboxylic acids is 1. The molecule has 1 amide bonds. The van der Waals surface area contributed by atoms with Gasteiger partial charge in [0.1, 0.15) is 4.88 Å². The first kappa shape index (κ1) is 14.9. The van der Waals surface area contributed by atoms with Gasteiger partial charge in [-0.05, 0) is 30.3 Å². The normalized spacial score (nSPS) is 12.9. The zero-order valence-corrected chi connectivity index (χ0v) is 13.7. The van der Waals surface area contributed by atoms with E-state index in [0.717, 1.165) is 5.69 Å². The van der Waals surface area contributed by atoms with Crippen LogP contribution in [0.15, 0.2) is 53.5 Å². The molecule has 2 heterocycles. The molecule has 0 radical (unpaired) electrons. The highest BCUT2D eigenvalue weighted by molar-refractivity contribution is 7.17. The number of nitrogens with one attached hydrogen (secondary N) is 1. The molecule has 7 heteroatoms. The Morgan fingerprint density at radius 2 is 1.83 bits per heavy atom. The molecule has 4 rings (SSSR count). The van der Waals surface area contributed by atoms with E-state index in [-0.39, 0.29) is 11.8 Å². The number of halogens is 1. The van der Waals surface area contributed by atoms with E-state index in [2.05, 4.69) is 15.3 Å². The van der Waals surface area contributed by atoms with Crippen molar-refractivity contribution >= 4 is 45.2 Å². The monoisotopic (exact) mass is 355 g/mol. The summed E-state index contributed by atoms with van der Waals surface area (Å²) in [5.41, 5.74) is 1.16. The van der Waals surface area contributed by atoms with Gasteiger partial charge in [-0.25, -0.2) is 4.99 Å². The van der Waals surface area contributed by atoms with Crippen LogP contribution in [0.25, 0.3) is 5.57 Å². The van der Waals surface area contributed by atoms with E-state index in [1.54, 1.807) is 30.3 Å². The molecule has 0 saturated heterocycles. The number of aromatic hydroxyl groups is 1. The van der Waals surface area contributed by atoms with Crippen LogP contribution in [-0.2, 0) is 4.79 Å². The molecule has 3 aromatic rings. The number of thiazole rings is 1. The molecule has 2 N–H and O–H groups in total. The average Bonchev–Trinajstić information content (AvgIpc) is 3.08. The number of anilines is 2. The zero-order chi connectivity index (χ0) is 16.7. The number of carbonyl (C=O) groups is 1. The number of benzene rings is 2. The van der Waals surface area contributed by atoms with Crippen LogP contribution < -0.4 is 15.9 Å². The Bertz CT molecular complexity index is 1070. The van der Waals surface area contributed by atoms with Gasteiger partial charge in [-0.1, -0.05) is 41.1 Å². The topological polar surface area (TPSA) is 74.6 Å². The molecule has 118 valence electrons. The third kappa shape index (κ3) is 2.55. The van der Waals surface area contributed by atoms with Crippen molar-refractivity contribution < 1.29 is 9.90 Å². The second-order valence-electron chi connectivity index (χ2n) is 5.11. The number of rotatable bonds is 3. The molecule has 1 aromatic heterocycles. The molecule has 0 bridgehead atoms. The first-order valence-corrected chi connectivity index (χ1v) is 8.26. The van der Waals surface area contributed by atoms with Gasteiger partial charge in [0.2, 0.25) is 5.88 Å². The molecule has 2 aromatic carbocycles. The Hall–Kier alpha value is -2.70. The Balaban J connectivity index is 1.76. The van der Waals surface area contributed by atoms with E-state index in [1.807, 2.05) is 18.2 Å². The molecular weight excluding hydrogens is 346 g/mol. The highest BCUT2D eigenvalue weighted by Crippen LogP contribution is 2.35. The second kappa shape index (κ2) is 5.74. The number of para-hydroxylation sites is 1. The highest BCUT2D eigenvalue weighted by atomic mass is 35.5. The van der Waals surface area contributed by atoms with Crippen LogP contribution in [0.5, 0.6) is 5.88 Å². The fourth-order valence-electron chi connectivity index (χ4n) is 2.47. The summed E-state index contributed by atoms with van der Waals surface area (Å²) in [5, 5.41) is 15.7. The highest BCUT2D eigenvalue weighted by Gasteiger charge is 2.24.